The van der Waals surface area contributed by atoms with E-state index in [0.29, 0.717) is 34.3 Å². The van der Waals surface area contributed by atoms with Gasteiger partial charge in [0, 0.05) is 23.4 Å². The molecule has 0 saturated heterocycles. The number of halogens is 3. The number of aliphatic hydroxyl groups excluding tert-OH is 1. The van der Waals surface area contributed by atoms with Gasteiger partial charge in [0.1, 0.15) is 35.4 Å². The van der Waals surface area contributed by atoms with E-state index in [2.05, 4.69) is 5.32 Å². The van der Waals surface area contributed by atoms with Gasteiger partial charge in [0.05, 0.1) is 18.2 Å². The van der Waals surface area contributed by atoms with Crippen LogP contribution in [0.15, 0.2) is 81.6 Å². The van der Waals surface area contributed by atoms with Crippen molar-refractivity contribution in [2.75, 3.05) is 12.4 Å². The Kier molecular flexibility index (Phi) is 6.79. The fourth-order valence-electron chi connectivity index (χ4n) is 3.37. The van der Waals surface area contributed by atoms with Crippen molar-refractivity contribution in [1.82, 2.24) is 0 Å². The molecule has 0 aliphatic rings. The number of carbonyl (C=O) groups excluding carboxylic acids is 1. The summed E-state index contributed by atoms with van der Waals surface area (Å²) >= 11 is 0. The molecule has 35 heavy (non-hydrogen) atoms. The number of nitrogens with one attached hydrogen (secondary N) is 1. The molecule has 6 nitrogen and oxygen atoms in total. The van der Waals surface area contributed by atoms with Gasteiger partial charge >= 0.3 is 6.18 Å². The van der Waals surface area contributed by atoms with Crippen LogP contribution in [0.5, 0.6) is 5.75 Å². The van der Waals surface area contributed by atoms with E-state index in [0.717, 1.165) is 12.1 Å². The molecular formula is C26H20F3NO5. The zero-order valence-electron chi connectivity index (χ0n) is 18.4. The summed E-state index contributed by atoms with van der Waals surface area (Å²) in [5.41, 5.74) is 0.626. The van der Waals surface area contributed by atoms with Crippen molar-refractivity contribution in [2.24, 2.45) is 0 Å². The topological polar surface area (TPSA) is 84.8 Å². The molecule has 4 aromatic rings. The standard InChI is InChI=1S/C26H20F3NO5/c1-33-24-14-18(5-9-21(24)23-11-7-20(15-31)35-23)30-25(32)12-8-19-6-10-22(34-19)16-3-2-4-17(13-16)26(27,28)29/h2-14,31H,15H2,1H3,(H,30,32)/b12-8+. The molecule has 0 saturated carbocycles. The maximum absolute atomic E-state index is 12.9. The van der Waals surface area contributed by atoms with Gasteiger partial charge in [0.25, 0.3) is 0 Å². The summed E-state index contributed by atoms with van der Waals surface area (Å²) in [6.07, 6.45) is -1.79. The molecule has 2 N–H and O–H groups in total. The quantitative estimate of drug-likeness (QED) is 0.298. The first-order valence-corrected chi connectivity index (χ1v) is 10.4. The molecule has 4 rings (SSSR count). The van der Waals surface area contributed by atoms with Crippen molar-refractivity contribution in [3.63, 3.8) is 0 Å². The van der Waals surface area contributed by atoms with Crippen LogP contribution in [-0.2, 0) is 17.6 Å². The number of hydrogen-bond acceptors (Lipinski definition) is 5. The fraction of sp³-hybridized carbons (Fsp3) is 0.115. The molecule has 2 aromatic heterocycles. The first-order chi connectivity index (χ1) is 16.8. The highest BCUT2D eigenvalue weighted by molar-refractivity contribution is 6.02. The van der Waals surface area contributed by atoms with E-state index in [1.807, 2.05) is 0 Å². The number of anilines is 1. The van der Waals surface area contributed by atoms with Crippen molar-refractivity contribution in [2.45, 2.75) is 12.8 Å². The molecule has 0 atom stereocenters. The molecule has 9 heteroatoms. The van der Waals surface area contributed by atoms with Gasteiger partial charge in [-0.25, -0.2) is 0 Å². The minimum Gasteiger partial charge on any atom is -0.496 e. The molecule has 2 aromatic carbocycles. The lowest BCUT2D eigenvalue weighted by atomic mass is 10.1. The minimum absolute atomic E-state index is 0.222. The highest BCUT2D eigenvalue weighted by Crippen LogP contribution is 2.34. The van der Waals surface area contributed by atoms with Gasteiger partial charge in [-0.1, -0.05) is 12.1 Å². The molecule has 0 spiro atoms. The number of hydrogen-bond donors (Lipinski definition) is 2. The predicted octanol–water partition coefficient (Wildman–Crippen LogP) is 6.38. The number of carbonyl (C=O) groups is 1. The molecular weight excluding hydrogens is 463 g/mol. The summed E-state index contributed by atoms with van der Waals surface area (Å²) in [6.45, 7) is -0.222. The van der Waals surface area contributed by atoms with E-state index in [1.54, 1.807) is 36.4 Å². The summed E-state index contributed by atoms with van der Waals surface area (Å²) in [5.74, 6) is 1.49. The highest BCUT2D eigenvalue weighted by atomic mass is 19.4. The molecule has 0 fully saturated rings. The Balaban J connectivity index is 1.44. The zero-order valence-corrected chi connectivity index (χ0v) is 18.4. The van der Waals surface area contributed by atoms with E-state index in [-0.39, 0.29) is 17.9 Å². The van der Waals surface area contributed by atoms with Gasteiger partial charge in [0.15, 0.2) is 0 Å². The second-order valence-corrected chi connectivity index (χ2v) is 7.44. The zero-order chi connectivity index (χ0) is 25.0. The summed E-state index contributed by atoms with van der Waals surface area (Å²) in [7, 11) is 1.49. The molecule has 0 bridgehead atoms. The second-order valence-electron chi connectivity index (χ2n) is 7.44. The number of aliphatic hydroxyl groups is 1. The van der Waals surface area contributed by atoms with Crippen LogP contribution in [0.2, 0.25) is 0 Å². The van der Waals surface area contributed by atoms with E-state index >= 15 is 0 Å². The second kappa shape index (κ2) is 9.94. The first-order valence-electron chi connectivity index (χ1n) is 10.4. The van der Waals surface area contributed by atoms with Gasteiger partial charge in [-0.05, 0) is 54.6 Å². The van der Waals surface area contributed by atoms with E-state index in [1.165, 1.54) is 37.5 Å². The number of furan rings is 2. The van der Waals surface area contributed by atoms with Crippen LogP contribution in [0.4, 0.5) is 18.9 Å². The van der Waals surface area contributed by atoms with Crippen molar-refractivity contribution in [3.8, 4) is 28.4 Å². The van der Waals surface area contributed by atoms with Gasteiger partial charge in [-0.2, -0.15) is 13.2 Å². The smallest absolute Gasteiger partial charge is 0.416 e. The van der Waals surface area contributed by atoms with Gasteiger partial charge < -0.3 is 24.0 Å². The normalized spacial score (nSPS) is 11.7. The average molecular weight is 483 g/mol. The number of benzene rings is 2. The average Bonchev–Trinajstić information content (AvgIpc) is 3.52. The maximum Gasteiger partial charge on any atom is 0.416 e. The van der Waals surface area contributed by atoms with Gasteiger partial charge in [-0.3, -0.25) is 4.79 Å². The summed E-state index contributed by atoms with van der Waals surface area (Å²) in [4.78, 5) is 12.4. The molecule has 0 aliphatic heterocycles. The van der Waals surface area contributed by atoms with Crippen LogP contribution >= 0.6 is 0 Å². The first kappa shape index (κ1) is 23.9. The van der Waals surface area contributed by atoms with E-state index < -0.39 is 17.6 Å². The van der Waals surface area contributed by atoms with Crippen LogP contribution in [-0.4, -0.2) is 18.1 Å². The number of alkyl halides is 3. The molecule has 180 valence electrons. The summed E-state index contributed by atoms with van der Waals surface area (Å²) in [5, 5.41) is 11.9. The fourth-order valence-corrected chi connectivity index (χ4v) is 3.37. The maximum atomic E-state index is 12.9. The third-order valence-corrected chi connectivity index (χ3v) is 5.05. The van der Waals surface area contributed by atoms with Crippen LogP contribution < -0.4 is 10.1 Å². The van der Waals surface area contributed by atoms with Gasteiger partial charge in [-0.15, -0.1) is 0 Å². The van der Waals surface area contributed by atoms with Crippen LogP contribution in [0, 0.1) is 0 Å². The van der Waals surface area contributed by atoms with Crippen LogP contribution in [0.3, 0.4) is 0 Å². The SMILES string of the molecule is COc1cc(NC(=O)/C=C/c2ccc(-c3cccc(C(F)(F)F)c3)o2)ccc1-c1ccc(CO)o1. The van der Waals surface area contributed by atoms with Crippen molar-refractivity contribution in [1.29, 1.82) is 0 Å². The Morgan fingerprint density at radius 1 is 1.03 bits per heavy atom. The van der Waals surface area contributed by atoms with E-state index in [9.17, 15) is 23.1 Å². The predicted molar refractivity (Wildman–Crippen MR) is 123 cm³/mol. The van der Waals surface area contributed by atoms with Crippen molar-refractivity contribution < 1.29 is 36.6 Å². The number of amides is 1. The molecule has 0 radical (unpaired) electrons. The third-order valence-electron chi connectivity index (χ3n) is 5.05. The van der Waals surface area contributed by atoms with Crippen LogP contribution in [0.1, 0.15) is 17.1 Å². The minimum atomic E-state index is -4.45. The highest BCUT2D eigenvalue weighted by Gasteiger charge is 2.30. The van der Waals surface area contributed by atoms with Crippen molar-refractivity contribution >= 4 is 17.7 Å². The third kappa shape index (κ3) is 5.64. The Labute approximate surface area is 198 Å². The van der Waals surface area contributed by atoms with Gasteiger partial charge in [0.2, 0.25) is 5.91 Å². The monoisotopic (exact) mass is 483 g/mol. The number of ether oxygens (including phenoxy) is 1. The Bertz CT molecular complexity index is 1370. The molecule has 2 heterocycles. The Hall–Kier alpha value is -4.24. The number of rotatable bonds is 7. The lowest BCUT2D eigenvalue weighted by molar-refractivity contribution is -0.137. The number of methoxy groups -OCH3 is 1. The largest absolute Gasteiger partial charge is 0.496 e. The summed E-state index contributed by atoms with van der Waals surface area (Å²) in [6, 6.07) is 16.3. The summed E-state index contributed by atoms with van der Waals surface area (Å²) < 4.78 is 55.3. The van der Waals surface area contributed by atoms with E-state index in [4.69, 9.17) is 13.6 Å². The molecule has 0 unspecified atom stereocenters. The van der Waals surface area contributed by atoms with Crippen LogP contribution in [0.25, 0.3) is 28.7 Å². The lowest BCUT2D eigenvalue weighted by Crippen LogP contribution is -2.07. The molecule has 1 amide bonds. The van der Waals surface area contributed by atoms with Crippen molar-refractivity contribution in [3.05, 3.63) is 89.9 Å². The Morgan fingerprint density at radius 2 is 1.83 bits per heavy atom. The lowest BCUT2D eigenvalue weighted by Gasteiger charge is -2.09. The molecule has 0 aliphatic carbocycles. The Morgan fingerprint density at radius 3 is 2.54 bits per heavy atom.